The Hall–Kier alpha value is -3.75. The van der Waals surface area contributed by atoms with E-state index in [4.69, 9.17) is 14.2 Å². The highest BCUT2D eigenvalue weighted by molar-refractivity contribution is 6.11. The summed E-state index contributed by atoms with van der Waals surface area (Å²) in [5.41, 5.74) is 0.408. The predicted molar refractivity (Wildman–Crippen MR) is 116 cm³/mol. The summed E-state index contributed by atoms with van der Waals surface area (Å²) in [7, 11) is 1.60. The van der Waals surface area contributed by atoms with Crippen molar-refractivity contribution in [2.75, 3.05) is 19.2 Å². The summed E-state index contributed by atoms with van der Waals surface area (Å²) in [5.74, 6) is 0.962. The number of ether oxygens (including phenoxy) is 3. The minimum Gasteiger partial charge on any atom is -0.497 e. The lowest BCUT2D eigenvalue weighted by atomic mass is 9.93. The summed E-state index contributed by atoms with van der Waals surface area (Å²) in [6, 6.07) is 11.0. The lowest BCUT2D eigenvalue weighted by Crippen LogP contribution is -2.48. The molecule has 2 N–H and O–H groups in total. The average molecular weight is 439 g/mol. The highest BCUT2D eigenvalue weighted by Crippen LogP contribution is 2.34. The van der Waals surface area contributed by atoms with Crippen LogP contribution in [0, 0.1) is 0 Å². The van der Waals surface area contributed by atoms with Crippen molar-refractivity contribution in [3.63, 3.8) is 0 Å². The summed E-state index contributed by atoms with van der Waals surface area (Å²) < 4.78 is 15.7. The van der Waals surface area contributed by atoms with Gasteiger partial charge in [-0.15, -0.1) is 0 Å². The molecule has 2 aromatic rings. The lowest BCUT2D eigenvalue weighted by molar-refractivity contribution is -0.136. The van der Waals surface area contributed by atoms with E-state index < -0.39 is 29.4 Å². The van der Waals surface area contributed by atoms with Gasteiger partial charge in [0, 0.05) is 11.8 Å². The fourth-order valence-electron chi connectivity index (χ4n) is 3.75. The third-order valence-corrected chi connectivity index (χ3v) is 5.77. The fraction of sp³-hybridized carbons (Fsp3) is 0.348. The first-order valence-corrected chi connectivity index (χ1v) is 10.3. The first kappa shape index (κ1) is 21.5. The van der Waals surface area contributed by atoms with E-state index >= 15 is 0 Å². The van der Waals surface area contributed by atoms with Crippen LogP contribution in [0.5, 0.6) is 17.2 Å². The summed E-state index contributed by atoms with van der Waals surface area (Å²) in [6.45, 7) is 3.33. The molecule has 32 heavy (non-hydrogen) atoms. The van der Waals surface area contributed by atoms with Gasteiger partial charge in [-0.2, -0.15) is 0 Å². The molecule has 9 nitrogen and oxygen atoms in total. The summed E-state index contributed by atoms with van der Waals surface area (Å²) in [4.78, 5) is 39.5. The first-order chi connectivity index (χ1) is 15.3. The van der Waals surface area contributed by atoms with Crippen molar-refractivity contribution in [2.24, 2.45) is 0 Å². The van der Waals surface area contributed by atoms with E-state index in [-0.39, 0.29) is 6.79 Å². The van der Waals surface area contributed by atoms with Gasteiger partial charge in [0.1, 0.15) is 17.3 Å². The summed E-state index contributed by atoms with van der Waals surface area (Å²) in [6.07, 6.45) is 0.981. The SMILES string of the molecule is COc1ccc(CC[C@]2(C)NC(=O)N([C@@H](C)C(=O)Nc3ccc4c(c3)OCO4)C2=O)cc1. The standard InChI is InChI=1S/C23H25N3O6/c1-14(20(27)24-16-6-9-18-19(12-16)32-13-31-18)26-21(28)23(2,25-22(26)29)11-10-15-4-7-17(30-3)8-5-15/h4-9,12,14H,10-11,13H2,1-3H3,(H,24,27)(H,25,29)/t14-,23-/m0/s1. The molecule has 4 rings (SSSR count). The number of hydrogen-bond donors (Lipinski definition) is 2. The minimum absolute atomic E-state index is 0.126. The van der Waals surface area contributed by atoms with Crippen molar-refractivity contribution in [3.05, 3.63) is 48.0 Å². The normalized spacial score (nSPS) is 20.2. The maximum Gasteiger partial charge on any atom is 0.325 e. The van der Waals surface area contributed by atoms with Crippen LogP contribution in [0.3, 0.4) is 0 Å². The Bertz CT molecular complexity index is 1050. The van der Waals surface area contributed by atoms with Gasteiger partial charge in [0.25, 0.3) is 5.91 Å². The molecule has 4 amide bonds. The van der Waals surface area contributed by atoms with Crippen LogP contribution >= 0.6 is 0 Å². The number of imide groups is 1. The maximum absolute atomic E-state index is 13.1. The van der Waals surface area contributed by atoms with E-state index in [1.165, 1.54) is 6.92 Å². The Kier molecular flexibility index (Phi) is 5.65. The molecule has 168 valence electrons. The molecular weight excluding hydrogens is 414 g/mol. The van der Waals surface area contributed by atoms with Crippen LogP contribution in [-0.4, -0.2) is 48.2 Å². The molecule has 0 aliphatic carbocycles. The van der Waals surface area contributed by atoms with Gasteiger partial charge >= 0.3 is 6.03 Å². The topological polar surface area (TPSA) is 106 Å². The largest absolute Gasteiger partial charge is 0.497 e. The number of anilines is 1. The maximum atomic E-state index is 13.1. The minimum atomic E-state index is -1.09. The second kappa shape index (κ2) is 8.41. The van der Waals surface area contributed by atoms with E-state index in [1.807, 2.05) is 24.3 Å². The Labute approximate surface area is 185 Å². The molecule has 1 saturated heterocycles. The Morgan fingerprint density at radius 3 is 2.62 bits per heavy atom. The fourth-order valence-corrected chi connectivity index (χ4v) is 3.75. The number of carbonyl (C=O) groups is 3. The Balaban J connectivity index is 1.41. The molecule has 2 aliphatic heterocycles. The molecule has 1 fully saturated rings. The molecule has 0 spiro atoms. The number of urea groups is 1. The molecule has 9 heteroatoms. The van der Waals surface area contributed by atoms with Gasteiger partial charge < -0.3 is 24.8 Å². The molecule has 0 aromatic heterocycles. The molecule has 0 bridgehead atoms. The summed E-state index contributed by atoms with van der Waals surface area (Å²) in [5, 5.41) is 5.48. The van der Waals surface area contributed by atoms with Crippen LogP contribution in [0.15, 0.2) is 42.5 Å². The zero-order chi connectivity index (χ0) is 22.9. The van der Waals surface area contributed by atoms with Gasteiger partial charge in [-0.05, 0) is 56.5 Å². The number of carbonyl (C=O) groups excluding carboxylic acids is 3. The van der Waals surface area contributed by atoms with E-state index in [2.05, 4.69) is 10.6 Å². The first-order valence-electron chi connectivity index (χ1n) is 10.3. The van der Waals surface area contributed by atoms with Crippen molar-refractivity contribution < 1.29 is 28.6 Å². The van der Waals surface area contributed by atoms with Crippen LogP contribution < -0.4 is 24.8 Å². The second-order valence-electron chi connectivity index (χ2n) is 8.02. The molecule has 0 radical (unpaired) electrons. The average Bonchev–Trinajstić information content (AvgIpc) is 3.34. The van der Waals surface area contributed by atoms with Crippen LogP contribution in [0.4, 0.5) is 10.5 Å². The van der Waals surface area contributed by atoms with Gasteiger partial charge in [0.15, 0.2) is 11.5 Å². The van der Waals surface area contributed by atoms with E-state index in [1.54, 1.807) is 32.2 Å². The van der Waals surface area contributed by atoms with Gasteiger partial charge in [-0.3, -0.25) is 9.59 Å². The van der Waals surface area contributed by atoms with E-state index in [9.17, 15) is 14.4 Å². The van der Waals surface area contributed by atoms with Crippen LogP contribution in [-0.2, 0) is 16.0 Å². The monoisotopic (exact) mass is 439 g/mol. The number of benzene rings is 2. The number of fused-ring (bicyclic) bond motifs is 1. The van der Waals surface area contributed by atoms with Crippen molar-refractivity contribution in [2.45, 2.75) is 38.3 Å². The molecule has 2 atom stereocenters. The smallest absolute Gasteiger partial charge is 0.325 e. The van der Waals surface area contributed by atoms with Crippen LogP contribution in [0.1, 0.15) is 25.8 Å². The Morgan fingerprint density at radius 1 is 1.19 bits per heavy atom. The van der Waals surface area contributed by atoms with Gasteiger partial charge in [-0.25, -0.2) is 9.69 Å². The van der Waals surface area contributed by atoms with Crippen molar-refractivity contribution >= 4 is 23.5 Å². The number of methoxy groups -OCH3 is 1. The Morgan fingerprint density at radius 2 is 1.91 bits per heavy atom. The number of amides is 4. The number of aryl methyl sites for hydroxylation is 1. The van der Waals surface area contributed by atoms with Crippen LogP contribution in [0.25, 0.3) is 0 Å². The quantitative estimate of drug-likeness (QED) is 0.643. The van der Waals surface area contributed by atoms with Crippen molar-refractivity contribution in [1.29, 1.82) is 0 Å². The van der Waals surface area contributed by atoms with Gasteiger partial charge in [0.05, 0.1) is 7.11 Å². The second-order valence-corrected chi connectivity index (χ2v) is 8.02. The number of nitrogens with zero attached hydrogens (tertiary/aromatic N) is 1. The van der Waals surface area contributed by atoms with E-state index in [0.717, 1.165) is 16.2 Å². The molecule has 0 saturated carbocycles. The number of nitrogens with one attached hydrogen (secondary N) is 2. The molecule has 2 aromatic carbocycles. The third kappa shape index (κ3) is 4.05. The molecule has 2 aliphatic rings. The zero-order valence-corrected chi connectivity index (χ0v) is 18.1. The lowest BCUT2D eigenvalue weighted by Gasteiger charge is -2.24. The molecule has 0 unspecified atom stereocenters. The highest BCUT2D eigenvalue weighted by Gasteiger charge is 2.50. The van der Waals surface area contributed by atoms with Gasteiger partial charge in [0.2, 0.25) is 12.7 Å². The molecule has 2 heterocycles. The predicted octanol–water partition coefficient (Wildman–Crippen LogP) is 2.69. The third-order valence-electron chi connectivity index (χ3n) is 5.77. The van der Waals surface area contributed by atoms with Crippen molar-refractivity contribution in [3.8, 4) is 17.2 Å². The number of hydrogen-bond acceptors (Lipinski definition) is 6. The van der Waals surface area contributed by atoms with Crippen molar-refractivity contribution in [1.82, 2.24) is 10.2 Å². The molecular formula is C23H25N3O6. The van der Waals surface area contributed by atoms with Crippen LogP contribution in [0.2, 0.25) is 0 Å². The highest BCUT2D eigenvalue weighted by atomic mass is 16.7. The number of rotatable bonds is 7. The summed E-state index contributed by atoms with van der Waals surface area (Å²) >= 11 is 0. The van der Waals surface area contributed by atoms with Gasteiger partial charge in [-0.1, -0.05) is 12.1 Å². The zero-order valence-electron chi connectivity index (χ0n) is 18.1. The van der Waals surface area contributed by atoms with E-state index in [0.29, 0.717) is 30.0 Å².